The van der Waals surface area contributed by atoms with Gasteiger partial charge in [0, 0.05) is 23.6 Å². The van der Waals surface area contributed by atoms with Crippen molar-refractivity contribution in [2.45, 2.75) is 52.0 Å². The maximum atomic E-state index is 12.6. The molecule has 5 rings (SSSR count). The van der Waals surface area contributed by atoms with Crippen LogP contribution < -0.4 is 11.1 Å². The van der Waals surface area contributed by atoms with Gasteiger partial charge in [-0.05, 0) is 43.9 Å². The molecule has 1 aliphatic rings. The molecule has 1 saturated carbocycles. The third kappa shape index (κ3) is 4.06. The third-order valence-corrected chi connectivity index (χ3v) is 6.52. The van der Waals surface area contributed by atoms with Gasteiger partial charge in [-0.15, -0.1) is 0 Å². The van der Waals surface area contributed by atoms with Crippen LogP contribution in [0.2, 0.25) is 0 Å². The van der Waals surface area contributed by atoms with Gasteiger partial charge in [-0.1, -0.05) is 54.8 Å². The number of amides is 1. The molecule has 0 aliphatic heterocycles. The quantitative estimate of drug-likeness (QED) is 0.473. The van der Waals surface area contributed by atoms with Crippen molar-refractivity contribution in [1.82, 2.24) is 24.9 Å². The highest BCUT2D eigenvalue weighted by molar-refractivity contribution is 5.95. The van der Waals surface area contributed by atoms with Crippen molar-refractivity contribution >= 4 is 17.2 Å². The van der Waals surface area contributed by atoms with E-state index in [9.17, 15) is 4.79 Å². The zero-order valence-corrected chi connectivity index (χ0v) is 19.0. The number of carbonyl (C=O) groups is 1. The standard InChI is InChI=1S/C26H28N6O/c1-16-7-8-17(2)21(13-16)26(33)28-14-18-9-11-19(12-10-18)22-23-24(27)29-15-30-32(23)25(31-22)20-5-3-4-6-20/h7-13,15,20H,3-6,14H2,1-2H3,(H,28,33)(H2,27,29,30). The number of nitrogens with two attached hydrogens (primary N) is 1. The number of hydrogen-bond acceptors (Lipinski definition) is 5. The van der Waals surface area contributed by atoms with Crippen LogP contribution in [-0.2, 0) is 6.54 Å². The number of nitrogen functional groups attached to an aromatic ring is 1. The molecule has 168 valence electrons. The molecular weight excluding hydrogens is 412 g/mol. The third-order valence-electron chi connectivity index (χ3n) is 6.52. The second kappa shape index (κ2) is 8.65. The Morgan fingerprint density at radius 1 is 1.12 bits per heavy atom. The van der Waals surface area contributed by atoms with Crippen LogP contribution in [0.3, 0.4) is 0 Å². The summed E-state index contributed by atoms with van der Waals surface area (Å²) in [5.74, 6) is 1.74. The Balaban J connectivity index is 1.39. The van der Waals surface area contributed by atoms with E-state index in [0.29, 0.717) is 23.8 Å². The minimum Gasteiger partial charge on any atom is -0.382 e. The van der Waals surface area contributed by atoms with Gasteiger partial charge in [0.15, 0.2) is 5.82 Å². The molecule has 0 radical (unpaired) electrons. The Labute approximate surface area is 193 Å². The predicted octanol–water partition coefficient (Wildman–Crippen LogP) is 4.58. The van der Waals surface area contributed by atoms with Crippen LogP contribution in [0, 0.1) is 13.8 Å². The number of nitrogens with zero attached hydrogens (tertiary/aromatic N) is 4. The van der Waals surface area contributed by atoms with E-state index >= 15 is 0 Å². The van der Waals surface area contributed by atoms with E-state index in [4.69, 9.17) is 10.7 Å². The molecule has 1 fully saturated rings. The lowest BCUT2D eigenvalue weighted by molar-refractivity contribution is 0.0950. The van der Waals surface area contributed by atoms with E-state index in [0.717, 1.165) is 52.1 Å². The summed E-state index contributed by atoms with van der Waals surface area (Å²) >= 11 is 0. The zero-order chi connectivity index (χ0) is 22.9. The number of fused-ring (bicyclic) bond motifs is 1. The Morgan fingerprint density at radius 3 is 2.64 bits per heavy atom. The summed E-state index contributed by atoms with van der Waals surface area (Å²) in [7, 11) is 0. The highest BCUT2D eigenvalue weighted by atomic mass is 16.1. The van der Waals surface area contributed by atoms with Gasteiger partial charge in [0.05, 0.1) is 0 Å². The van der Waals surface area contributed by atoms with Crippen LogP contribution in [0.5, 0.6) is 0 Å². The largest absolute Gasteiger partial charge is 0.382 e. The first-order valence-corrected chi connectivity index (χ1v) is 11.4. The molecule has 4 aromatic rings. The monoisotopic (exact) mass is 440 g/mol. The molecule has 7 nitrogen and oxygen atoms in total. The maximum absolute atomic E-state index is 12.6. The molecule has 2 heterocycles. The smallest absolute Gasteiger partial charge is 0.251 e. The van der Waals surface area contributed by atoms with Crippen molar-refractivity contribution in [2.24, 2.45) is 0 Å². The fourth-order valence-corrected chi connectivity index (χ4v) is 4.67. The number of aryl methyl sites for hydroxylation is 2. The number of imidazole rings is 1. The fraction of sp³-hybridized carbons (Fsp3) is 0.308. The number of rotatable bonds is 5. The first-order valence-electron chi connectivity index (χ1n) is 11.4. The second-order valence-corrected chi connectivity index (χ2v) is 8.90. The van der Waals surface area contributed by atoms with E-state index in [1.165, 1.54) is 19.2 Å². The van der Waals surface area contributed by atoms with Crippen LogP contribution in [-0.4, -0.2) is 25.5 Å². The van der Waals surface area contributed by atoms with Crippen molar-refractivity contribution in [1.29, 1.82) is 0 Å². The number of aromatic nitrogens is 4. The Bertz CT molecular complexity index is 1320. The first kappa shape index (κ1) is 21.1. The van der Waals surface area contributed by atoms with Crippen LogP contribution in [0.4, 0.5) is 5.82 Å². The van der Waals surface area contributed by atoms with Gasteiger partial charge in [0.1, 0.15) is 23.4 Å². The maximum Gasteiger partial charge on any atom is 0.251 e. The van der Waals surface area contributed by atoms with E-state index < -0.39 is 0 Å². The number of hydrogen-bond donors (Lipinski definition) is 2. The number of benzene rings is 2. The molecule has 0 saturated heterocycles. The van der Waals surface area contributed by atoms with Crippen molar-refractivity contribution in [3.8, 4) is 11.3 Å². The molecule has 0 bridgehead atoms. The van der Waals surface area contributed by atoms with Crippen LogP contribution in [0.1, 0.15) is 64.5 Å². The Morgan fingerprint density at radius 2 is 1.88 bits per heavy atom. The molecule has 7 heteroatoms. The Hall–Kier alpha value is -3.74. The summed E-state index contributed by atoms with van der Waals surface area (Å²) in [6.45, 7) is 4.40. The van der Waals surface area contributed by atoms with E-state index in [-0.39, 0.29) is 5.91 Å². The van der Waals surface area contributed by atoms with Crippen molar-refractivity contribution < 1.29 is 4.79 Å². The van der Waals surface area contributed by atoms with Crippen LogP contribution >= 0.6 is 0 Å². The number of anilines is 1. The van der Waals surface area contributed by atoms with Gasteiger partial charge < -0.3 is 11.1 Å². The molecule has 3 N–H and O–H groups in total. The summed E-state index contributed by atoms with van der Waals surface area (Å²) in [5.41, 5.74) is 12.5. The number of carbonyl (C=O) groups excluding carboxylic acids is 1. The zero-order valence-electron chi connectivity index (χ0n) is 19.0. The van der Waals surface area contributed by atoms with Crippen LogP contribution in [0.25, 0.3) is 16.8 Å². The second-order valence-electron chi connectivity index (χ2n) is 8.90. The molecule has 2 aromatic carbocycles. The molecule has 2 aromatic heterocycles. The summed E-state index contributed by atoms with van der Waals surface area (Å²) in [5, 5.41) is 7.48. The van der Waals surface area contributed by atoms with Gasteiger partial charge >= 0.3 is 0 Å². The molecule has 0 spiro atoms. The van der Waals surface area contributed by atoms with Gasteiger partial charge in [0.2, 0.25) is 0 Å². The van der Waals surface area contributed by atoms with Gasteiger partial charge in [0.25, 0.3) is 5.91 Å². The van der Waals surface area contributed by atoms with Crippen molar-refractivity contribution in [3.05, 3.63) is 76.9 Å². The predicted molar refractivity (Wildman–Crippen MR) is 129 cm³/mol. The molecule has 1 aliphatic carbocycles. The van der Waals surface area contributed by atoms with Gasteiger partial charge in [-0.2, -0.15) is 5.10 Å². The summed E-state index contributed by atoms with van der Waals surface area (Å²) in [4.78, 5) is 21.8. The summed E-state index contributed by atoms with van der Waals surface area (Å²) < 4.78 is 1.87. The average molecular weight is 441 g/mol. The fourth-order valence-electron chi connectivity index (χ4n) is 4.67. The topological polar surface area (TPSA) is 98.2 Å². The Kier molecular flexibility index (Phi) is 5.54. The molecule has 0 unspecified atom stereocenters. The lowest BCUT2D eigenvalue weighted by Crippen LogP contribution is -2.23. The van der Waals surface area contributed by atoms with E-state index in [1.54, 1.807) is 0 Å². The number of nitrogens with one attached hydrogen (secondary N) is 1. The lowest BCUT2D eigenvalue weighted by Gasteiger charge is -2.09. The van der Waals surface area contributed by atoms with Crippen LogP contribution in [0.15, 0.2) is 48.8 Å². The summed E-state index contributed by atoms with van der Waals surface area (Å²) in [6.07, 6.45) is 6.19. The minimum absolute atomic E-state index is 0.0634. The minimum atomic E-state index is -0.0634. The SMILES string of the molecule is Cc1ccc(C)c(C(=O)NCc2ccc(-c3nc(C4CCCC4)n4ncnc(N)c34)cc2)c1. The normalized spacial score (nSPS) is 14.1. The first-order chi connectivity index (χ1) is 16.0. The van der Waals surface area contributed by atoms with Gasteiger partial charge in [-0.25, -0.2) is 14.5 Å². The molecule has 0 atom stereocenters. The highest BCUT2D eigenvalue weighted by Crippen LogP contribution is 2.37. The molecular formula is C26H28N6O. The van der Waals surface area contributed by atoms with E-state index in [1.807, 2.05) is 60.8 Å². The van der Waals surface area contributed by atoms with Crippen molar-refractivity contribution in [2.75, 3.05) is 5.73 Å². The van der Waals surface area contributed by atoms with E-state index in [2.05, 4.69) is 15.4 Å². The van der Waals surface area contributed by atoms with Gasteiger partial charge in [-0.3, -0.25) is 4.79 Å². The average Bonchev–Trinajstić information content (AvgIpc) is 3.48. The van der Waals surface area contributed by atoms with Crippen molar-refractivity contribution in [3.63, 3.8) is 0 Å². The lowest BCUT2D eigenvalue weighted by atomic mass is 10.0. The molecule has 1 amide bonds. The molecule has 33 heavy (non-hydrogen) atoms. The highest BCUT2D eigenvalue weighted by Gasteiger charge is 2.25. The summed E-state index contributed by atoms with van der Waals surface area (Å²) in [6, 6.07) is 14.0.